The van der Waals surface area contributed by atoms with E-state index in [1.165, 1.54) is 51.9 Å². The Morgan fingerprint density at radius 2 is 1.52 bits per heavy atom. The van der Waals surface area contributed by atoms with Crippen molar-refractivity contribution in [3.8, 4) is 0 Å². The molecule has 0 aromatic rings. The molecule has 3 N–H and O–H groups in total. The van der Waals surface area contributed by atoms with E-state index in [0.29, 0.717) is 17.6 Å². The van der Waals surface area contributed by atoms with Gasteiger partial charge in [-0.2, -0.15) is 0 Å². The van der Waals surface area contributed by atoms with Crippen LogP contribution in [-0.2, 0) is 23.9 Å². The molecular weight excluding hydrogens is 560 g/mol. The number of esters is 2. The van der Waals surface area contributed by atoms with Crippen molar-refractivity contribution in [3.05, 3.63) is 23.3 Å². The number of aliphatic hydroxyl groups excluding tert-OH is 1. The number of ketones is 1. The molecule has 4 rings (SSSR count). The van der Waals surface area contributed by atoms with Crippen LogP contribution in [0.15, 0.2) is 23.3 Å². The molecule has 8 heteroatoms. The summed E-state index contributed by atoms with van der Waals surface area (Å²) in [6, 6.07) is 0. The quantitative estimate of drug-likeness (QED) is 0.120. The zero-order chi connectivity index (χ0) is 32.5. The van der Waals surface area contributed by atoms with Crippen molar-refractivity contribution >= 4 is 17.7 Å². The van der Waals surface area contributed by atoms with E-state index in [9.17, 15) is 29.7 Å². The highest BCUT2D eigenvalue weighted by Crippen LogP contribution is 2.77. The number of hydrogen-bond acceptors (Lipinski definition) is 8. The van der Waals surface area contributed by atoms with Gasteiger partial charge in [-0.1, -0.05) is 104 Å². The molecular formula is C36H56O8. The third-order valence-electron chi connectivity index (χ3n) is 11.5. The zero-order valence-corrected chi connectivity index (χ0v) is 27.8. The molecule has 44 heavy (non-hydrogen) atoms. The van der Waals surface area contributed by atoms with Crippen LogP contribution in [0.5, 0.6) is 0 Å². The van der Waals surface area contributed by atoms with Crippen molar-refractivity contribution in [2.24, 2.45) is 29.1 Å². The Morgan fingerprint density at radius 1 is 0.955 bits per heavy atom. The van der Waals surface area contributed by atoms with Gasteiger partial charge in [0, 0.05) is 48.9 Å². The fourth-order valence-electron chi connectivity index (χ4n) is 9.20. The van der Waals surface area contributed by atoms with Crippen LogP contribution in [0.1, 0.15) is 125 Å². The minimum atomic E-state index is -1.93. The van der Waals surface area contributed by atoms with E-state index in [1.54, 1.807) is 26.0 Å². The highest BCUT2D eigenvalue weighted by atomic mass is 16.6. The highest BCUT2D eigenvalue weighted by molar-refractivity contribution is 6.04. The Labute approximate surface area is 263 Å². The van der Waals surface area contributed by atoms with Crippen molar-refractivity contribution < 1.29 is 39.2 Å². The summed E-state index contributed by atoms with van der Waals surface area (Å²) in [7, 11) is 0. The maximum Gasteiger partial charge on any atom is 0.306 e. The van der Waals surface area contributed by atoms with Crippen LogP contribution in [0.25, 0.3) is 0 Å². The summed E-state index contributed by atoms with van der Waals surface area (Å²) >= 11 is 0. The van der Waals surface area contributed by atoms with Gasteiger partial charge < -0.3 is 24.8 Å². The molecule has 0 bridgehead atoms. The van der Waals surface area contributed by atoms with Gasteiger partial charge in [0.1, 0.15) is 11.7 Å². The molecule has 4 aliphatic carbocycles. The number of rotatable bonds is 15. The van der Waals surface area contributed by atoms with E-state index in [1.807, 2.05) is 13.8 Å². The van der Waals surface area contributed by atoms with E-state index in [0.717, 1.165) is 19.3 Å². The van der Waals surface area contributed by atoms with Gasteiger partial charge in [-0.05, 0) is 24.5 Å². The minimum Gasteiger partial charge on any atom is -0.458 e. The second kappa shape index (κ2) is 13.4. The van der Waals surface area contributed by atoms with Crippen molar-refractivity contribution in [1.82, 2.24) is 0 Å². The van der Waals surface area contributed by atoms with E-state index in [-0.39, 0.29) is 19.4 Å². The lowest BCUT2D eigenvalue weighted by molar-refractivity contribution is -0.228. The molecule has 8 nitrogen and oxygen atoms in total. The van der Waals surface area contributed by atoms with Gasteiger partial charge >= 0.3 is 11.9 Å². The fraction of sp³-hybridized carbons (Fsp3) is 0.806. The van der Waals surface area contributed by atoms with Crippen LogP contribution in [0, 0.1) is 29.1 Å². The maximum absolute atomic E-state index is 13.3. The topological polar surface area (TPSA) is 130 Å². The van der Waals surface area contributed by atoms with Crippen LogP contribution < -0.4 is 0 Å². The maximum atomic E-state index is 13.3. The lowest BCUT2D eigenvalue weighted by Gasteiger charge is -2.53. The van der Waals surface area contributed by atoms with Crippen LogP contribution in [0.3, 0.4) is 0 Å². The molecule has 0 aromatic carbocycles. The number of unbranched alkanes of at least 4 members (excludes halogenated alkanes) is 10. The van der Waals surface area contributed by atoms with Crippen LogP contribution in [0.2, 0.25) is 0 Å². The summed E-state index contributed by atoms with van der Waals surface area (Å²) < 4.78 is 12.3. The molecule has 248 valence electrons. The Kier molecular flexibility index (Phi) is 10.6. The second-order valence-corrected chi connectivity index (χ2v) is 14.7. The summed E-state index contributed by atoms with van der Waals surface area (Å²) in [4.78, 5) is 39.1. The molecule has 0 saturated heterocycles. The van der Waals surface area contributed by atoms with Gasteiger partial charge in [0.2, 0.25) is 0 Å². The Bertz CT molecular complexity index is 1150. The molecule has 2 saturated carbocycles. The van der Waals surface area contributed by atoms with Gasteiger partial charge in [0.05, 0.1) is 12.2 Å². The number of aliphatic hydroxyl groups is 3. The van der Waals surface area contributed by atoms with E-state index in [4.69, 9.17) is 9.47 Å². The molecule has 2 fully saturated rings. The number of carbonyl (C=O) groups excluding carboxylic acids is 3. The van der Waals surface area contributed by atoms with Gasteiger partial charge in [0.15, 0.2) is 11.4 Å². The van der Waals surface area contributed by atoms with Crippen LogP contribution >= 0.6 is 0 Å². The molecule has 8 atom stereocenters. The minimum absolute atomic E-state index is 0.108. The van der Waals surface area contributed by atoms with Gasteiger partial charge in [0.25, 0.3) is 0 Å². The van der Waals surface area contributed by atoms with E-state index < -0.39 is 69.7 Å². The van der Waals surface area contributed by atoms with E-state index in [2.05, 4.69) is 6.92 Å². The summed E-state index contributed by atoms with van der Waals surface area (Å²) in [6.45, 7) is 10.4. The van der Waals surface area contributed by atoms with E-state index >= 15 is 0 Å². The summed E-state index contributed by atoms with van der Waals surface area (Å²) in [6.07, 6.45) is 15.4. The number of hydrogen-bond donors (Lipinski definition) is 3. The number of Topliss-reactive ketones (excluding diaryl/α,β-unsaturated/α-hetero) is 1. The lowest BCUT2D eigenvalue weighted by atomic mass is 9.59. The van der Waals surface area contributed by atoms with Crippen molar-refractivity contribution in [2.45, 2.75) is 148 Å². The van der Waals surface area contributed by atoms with Gasteiger partial charge in [-0.15, -0.1) is 0 Å². The lowest BCUT2D eigenvalue weighted by Crippen LogP contribution is -2.66. The average molecular weight is 617 g/mol. The van der Waals surface area contributed by atoms with Crippen LogP contribution in [-0.4, -0.2) is 62.6 Å². The number of ether oxygens (including phenoxy) is 2. The first kappa shape index (κ1) is 34.8. The predicted octanol–water partition coefficient (Wildman–Crippen LogP) is 5.75. The normalized spacial score (nSPS) is 36.8. The van der Waals surface area contributed by atoms with Gasteiger partial charge in [-0.25, -0.2) is 0 Å². The first-order chi connectivity index (χ1) is 20.7. The van der Waals surface area contributed by atoms with Crippen molar-refractivity contribution in [3.63, 3.8) is 0 Å². The molecule has 1 unspecified atom stereocenters. The molecule has 0 radical (unpaired) electrons. The van der Waals surface area contributed by atoms with Gasteiger partial charge in [-0.3, -0.25) is 14.4 Å². The Hall–Kier alpha value is -2.03. The fourth-order valence-corrected chi connectivity index (χ4v) is 9.20. The second-order valence-electron chi connectivity index (χ2n) is 14.7. The molecule has 0 heterocycles. The summed E-state index contributed by atoms with van der Waals surface area (Å²) in [5.74, 6) is -4.29. The first-order valence-electron chi connectivity index (χ1n) is 17.1. The molecule has 0 amide bonds. The monoisotopic (exact) mass is 616 g/mol. The highest BCUT2D eigenvalue weighted by Gasteiger charge is 2.87. The predicted molar refractivity (Wildman–Crippen MR) is 167 cm³/mol. The molecule has 0 aromatic heterocycles. The summed E-state index contributed by atoms with van der Waals surface area (Å²) in [5, 5.41) is 34.8. The van der Waals surface area contributed by atoms with Crippen molar-refractivity contribution in [2.75, 3.05) is 6.61 Å². The number of carbonyl (C=O) groups is 3. The number of fused-ring (bicyclic) bond motifs is 5. The standard InChI is InChI=1S/C36H56O8/c1-7-8-9-10-11-12-13-14-15-16-17-18-29(39)43-32-24(3)35(42)27(30-33(5,6)36(30,32)44-25(4)38)20-26(22-37)21-34(41)28(35)19-23(2)31(34)40/h19-20,24,27-28,30,32,37,41-42H,7-18,21-22H2,1-6H3/t24-,27?,28-,30-,32-,34-,35-,36-/m1/s1. The third kappa shape index (κ3) is 5.84. The third-order valence-corrected chi connectivity index (χ3v) is 11.5. The molecule has 4 aliphatic rings. The molecule has 0 aliphatic heterocycles. The Balaban J connectivity index is 1.51. The average Bonchev–Trinajstić information content (AvgIpc) is 3.38. The summed E-state index contributed by atoms with van der Waals surface area (Å²) in [5.41, 5.74) is -4.71. The Morgan fingerprint density at radius 3 is 2.07 bits per heavy atom. The van der Waals surface area contributed by atoms with Crippen molar-refractivity contribution in [1.29, 1.82) is 0 Å². The largest absolute Gasteiger partial charge is 0.458 e. The SMILES string of the molecule is CCCCCCCCCCCCCC(=O)O[C@@H]1[C@@H](C)[C@@]2(O)C(C=C(CO)C[C@]3(O)C(=O)C(C)=C[C@@H]23)[C@@H]2C(C)(C)[C@]12OC(C)=O. The van der Waals surface area contributed by atoms with Crippen LogP contribution in [0.4, 0.5) is 0 Å². The zero-order valence-electron chi connectivity index (χ0n) is 27.8. The molecule has 0 spiro atoms. The first-order valence-corrected chi connectivity index (χ1v) is 17.1. The smallest absolute Gasteiger partial charge is 0.306 e.